The van der Waals surface area contributed by atoms with E-state index in [1.54, 1.807) is 18.4 Å². The van der Waals surface area contributed by atoms with Crippen molar-refractivity contribution in [2.24, 2.45) is 0 Å². The van der Waals surface area contributed by atoms with E-state index in [2.05, 4.69) is 64.2 Å². The van der Waals surface area contributed by atoms with Crippen LogP contribution in [-0.2, 0) is 0 Å². The highest BCUT2D eigenvalue weighted by molar-refractivity contribution is 9.11. The van der Waals surface area contributed by atoms with E-state index in [1.165, 1.54) is 0 Å². The zero-order chi connectivity index (χ0) is 15.0. The lowest BCUT2D eigenvalue weighted by molar-refractivity contribution is 0.412. The van der Waals surface area contributed by atoms with Crippen molar-refractivity contribution < 1.29 is 4.74 Å². The van der Waals surface area contributed by atoms with Crippen molar-refractivity contribution in [3.8, 4) is 5.75 Å². The number of nitrogens with one attached hydrogen (secondary N) is 1. The van der Waals surface area contributed by atoms with E-state index in [9.17, 15) is 0 Å². The van der Waals surface area contributed by atoms with E-state index in [0.29, 0.717) is 0 Å². The van der Waals surface area contributed by atoms with E-state index < -0.39 is 0 Å². The summed E-state index contributed by atoms with van der Waals surface area (Å²) in [5.74, 6) is 0.768. The van der Waals surface area contributed by atoms with Gasteiger partial charge in [-0.15, -0.1) is 0 Å². The largest absolute Gasteiger partial charge is 0.495 e. The SMILES string of the molecule is COc1cc(Nc2nc3ccc(Br)cc3s2)c(Br)cc1Br. The predicted octanol–water partition coefficient (Wildman–Crippen LogP) is 6.34. The first kappa shape index (κ1) is 15.3. The number of ether oxygens (including phenoxy) is 1. The van der Waals surface area contributed by atoms with Gasteiger partial charge in [0.1, 0.15) is 5.75 Å². The average Bonchev–Trinajstić information content (AvgIpc) is 2.83. The van der Waals surface area contributed by atoms with Crippen molar-refractivity contribution in [2.45, 2.75) is 0 Å². The molecule has 0 fully saturated rings. The Morgan fingerprint density at radius 3 is 2.67 bits per heavy atom. The van der Waals surface area contributed by atoms with Gasteiger partial charge in [0.15, 0.2) is 5.13 Å². The molecule has 1 N–H and O–H groups in total. The van der Waals surface area contributed by atoms with Crippen LogP contribution < -0.4 is 10.1 Å². The van der Waals surface area contributed by atoms with Gasteiger partial charge in [-0.25, -0.2) is 4.98 Å². The third-order valence-electron chi connectivity index (χ3n) is 2.83. The highest BCUT2D eigenvalue weighted by Gasteiger charge is 2.10. The van der Waals surface area contributed by atoms with E-state index >= 15 is 0 Å². The fourth-order valence-corrected chi connectivity index (χ4v) is 4.53. The third kappa shape index (κ3) is 3.26. The number of hydrogen-bond donors (Lipinski definition) is 1. The zero-order valence-electron chi connectivity index (χ0n) is 10.8. The van der Waals surface area contributed by atoms with E-state index in [4.69, 9.17) is 4.74 Å². The van der Waals surface area contributed by atoms with Crippen LogP contribution in [0.15, 0.2) is 43.7 Å². The molecule has 3 nitrogen and oxygen atoms in total. The Kier molecular flexibility index (Phi) is 4.54. The number of nitrogens with zero attached hydrogens (tertiary/aromatic N) is 1. The van der Waals surface area contributed by atoms with Crippen LogP contribution in [0.5, 0.6) is 5.75 Å². The topological polar surface area (TPSA) is 34.1 Å². The lowest BCUT2D eigenvalue weighted by Gasteiger charge is -2.09. The molecule has 0 aliphatic rings. The Labute approximate surface area is 151 Å². The minimum Gasteiger partial charge on any atom is -0.495 e. The van der Waals surface area contributed by atoms with E-state index in [-0.39, 0.29) is 0 Å². The number of halogens is 3. The fourth-order valence-electron chi connectivity index (χ4n) is 1.85. The first-order valence-corrected chi connectivity index (χ1v) is 9.12. The fraction of sp³-hybridized carbons (Fsp3) is 0.0714. The summed E-state index contributed by atoms with van der Waals surface area (Å²) in [6.07, 6.45) is 0. The number of fused-ring (bicyclic) bond motifs is 1. The molecule has 0 unspecified atom stereocenters. The Balaban J connectivity index is 1.98. The number of anilines is 2. The van der Waals surface area contributed by atoms with Crippen molar-refractivity contribution in [2.75, 3.05) is 12.4 Å². The quantitative estimate of drug-likeness (QED) is 0.463. The maximum atomic E-state index is 5.32. The first-order chi connectivity index (χ1) is 10.1. The number of benzene rings is 2. The van der Waals surface area contributed by atoms with Crippen LogP contribution in [0.3, 0.4) is 0 Å². The van der Waals surface area contributed by atoms with Crippen LogP contribution in [0, 0.1) is 0 Å². The van der Waals surface area contributed by atoms with Gasteiger partial charge in [-0.1, -0.05) is 27.3 Å². The Morgan fingerprint density at radius 1 is 1.10 bits per heavy atom. The molecule has 0 atom stereocenters. The molecule has 0 spiro atoms. The zero-order valence-corrected chi connectivity index (χ0v) is 16.4. The van der Waals surface area contributed by atoms with Crippen molar-refractivity contribution in [1.82, 2.24) is 4.98 Å². The number of methoxy groups -OCH3 is 1. The van der Waals surface area contributed by atoms with Crippen molar-refractivity contribution in [3.63, 3.8) is 0 Å². The summed E-state index contributed by atoms with van der Waals surface area (Å²) in [5, 5.41) is 4.17. The minimum atomic E-state index is 0.768. The smallest absolute Gasteiger partial charge is 0.188 e. The summed E-state index contributed by atoms with van der Waals surface area (Å²) in [6.45, 7) is 0. The van der Waals surface area contributed by atoms with Gasteiger partial charge >= 0.3 is 0 Å². The highest BCUT2D eigenvalue weighted by Crippen LogP contribution is 2.37. The highest BCUT2D eigenvalue weighted by atomic mass is 79.9. The number of aromatic nitrogens is 1. The second-order valence-electron chi connectivity index (χ2n) is 4.22. The standard InChI is InChI=1S/C14H9Br3N2OS/c1-20-12-6-11(8(16)5-9(12)17)19-14-18-10-3-2-7(15)4-13(10)21-14/h2-6H,1H3,(H,18,19). The summed E-state index contributed by atoms with van der Waals surface area (Å²) in [4.78, 5) is 4.58. The summed E-state index contributed by atoms with van der Waals surface area (Å²) in [7, 11) is 1.65. The van der Waals surface area contributed by atoms with Crippen molar-refractivity contribution >= 4 is 80.2 Å². The van der Waals surface area contributed by atoms with Crippen molar-refractivity contribution in [1.29, 1.82) is 0 Å². The van der Waals surface area contributed by atoms with Crippen LogP contribution in [0.1, 0.15) is 0 Å². The first-order valence-electron chi connectivity index (χ1n) is 5.93. The summed E-state index contributed by atoms with van der Waals surface area (Å²) >= 11 is 12.1. The van der Waals surface area contributed by atoms with Gasteiger partial charge in [-0.3, -0.25) is 0 Å². The lowest BCUT2D eigenvalue weighted by atomic mass is 10.3. The van der Waals surface area contributed by atoms with Crippen LogP contribution >= 0.6 is 59.1 Å². The van der Waals surface area contributed by atoms with Gasteiger partial charge in [0.05, 0.1) is 27.5 Å². The molecule has 0 saturated heterocycles. The van der Waals surface area contributed by atoms with Gasteiger partial charge in [-0.05, 0) is 56.1 Å². The molecule has 7 heteroatoms. The normalized spacial score (nSPS) is 10.9. The van der Waals surface area contributed by atoms with Gasteiger partial charge in [0.2, 0.25) is 0 Å². The molecule has 0 amide bonds. The molecular formula is C14H9Br3N2OS. The monoisotopic (exact) mass is 490 g/mol. The molecule has 3 aromatic rings. The second-order valence-corrected chi connectivity index (χ2v) is 7.88. The summed E-state index contributed by atoms with van der Waals surface area (Å²) in [6, 6.07) is 9.93. The van der Waals surface area contributed by atoms with Crippen LogP contribution in [-0.4, -0.2) is 12.1 Å². The van der Waals surface area contributed by atoms with Crippen LogP contribution in [0.4, 0.5) is 10.8 Å². The van der Waals surface area contributed by atoms with Gasteiger partial charge in [0.25, 0.3) is 0 Å². The van der Waals surface area contributed by atoms with Crippen LogP contribution in [0.25, 0.3) is 10.2 Å². The average molecular weight is 493 g/mol. The molecule has 0 aliphatic carbocycles. The van der Waals surface area contributed by atoms with E-state index in [1.807, 2.05) is 24.3 Å². The minimum absolute atomic E-state index is 0.768. The number of hydrogen-bond acceptors (Lipinski definition) is 4. The molecule has 108 valence electrons. The van der Waals surface area contributed by atoms with Gasteiger partial charge in [0, 0.05) is 15.0 Å². The number of thiazole rings is 1. The summed E-state index contributed by atoms with van der Waals surface area (Å²) in [5.41, 5.74) is 1.89. The predicted molar refractivity (Wildman–Crippen MR) is 99.0 cm³/mol. The van der Waals surface area contributed by atoms with Crippen molar-refractivity contribution in [3.05, 3.63) is 43.7 Å². The Morgan fingerprint density at radius 2 is 1.90 bits per heavy atom. The maximum Gasteiger partial charge on any atom is 0.188 e. The van der Waals surface area contributed by atoms with E-state index in [0.717, 1.165) is 40.2 Å². The van der Waals surface area contributed by atoms with Gasteiger partial charge < -0.3 is 10.1 Å². The summed E-state index contributed by atoms with van der Waals surface area (Å²) < 4.78 is 9.35. The molecular weight excluding hydrogens is 484 g/mol. The Hall–Kier alpha value is -0.630. The molecule has 0 bridgehead atoms. The number of rotatable bonds is 3. The second kappa shape index (κ2) is 6.24. The molecule has 1 heterocycles. The molecule has 0 aliphatic heterocycles. The molecule has 1 aromatic heterocycles. The molecule has 21 heavy (non-hydrogen) atoms. The molecule has 3 rings (SSSR count). The molecule has 2 aromatic carbocycles. The lowest BCUT2D eigenvalue weighted by Crippen LogP contribution is -1.93. The third-order valence-corrected chi connectivity index (χ3v) is 5.54. The Bertz CT molecular complexity index is 819. The molecule has 0 saturated carbocycles. The van der Waals surface area contributed by atoms with Crippen LogP contribution in [0.2, 0.25) is 0 Å². The molecule has 0 radical (unpaired) electrons. The van der Waals surface area contributed by atoms with Gasteiger partial charge in [-0.2, -0.15) is 0 Å². The maximum absolute atomic E-state index is 5.32.